The Morgan fingerprint density at radius 1 is 1.11 bits per heavy atom. The Balaban J connectivity index is 2.81. The molecule has 2 rings (SSSR count). The van der Waals surface area contributed by atoms with Crippen LogP contribution in [0.5, 0.6) is 0 Å². The van der Waals surface area contributed by atoms with Gasteiger partial charge in [0.1, 0.15) is 11.2 Å². The molecule has 28 heavy (non-hydrogen) atoms. The predicted octanol–water partition coefficient (Wildman–Crippen LogP) is 2.40. The standard InChI is InChI=1S/C19H28N2O6S/c1-19(2,3)27-18(23)14-13(28(5,24)25)11-12(17(22)26-4)16(15(14)20)21-9-7-6-8-10-21/h11H,6-10,20H2,1-5H3. The lowest BCUT2D eigenvalue weighted by Gasteiger charge is -2.32. The Morgan fingerprint density at radius 3 is 2.14 bits per heavy atom. The van der Waals surface area contributed by atoms with Crippen molar-refractivity contribution in [3.8, 4) is 0 Å². The summed E-state index contributed by atoms with van der Waals surface area (Å²) in [5, 5.41) is 0. The van der Waals surface area contributed by atoms with E-state index in [0.29, 0.717) is 18.8 Å². The molecule has 0 amide bonds. The van der Waals surface area contributed by atoms with E-state index in [1.165, 1.54) is 13.2 Å². The van der Waals surface area contributed by atoms with Crippen molar-refractivity contribution in [1.29, 1.82) is 0 Å². The van der Waals surface area contributed by atoms with Crippen LogP contribution in [0.1, 0.15) is 60.7 Å². The van der Waals surface area contributed by atoms with Gasteiger partial charge in [-0.2, -0.15) is 0 Å². The Morgan fingerprint density at radius 2 is 1.68 bits per heavy atom. The lowest BCUT2D eigenvalue weighted by molar-refractivity contribution is 0.00660. The first-order chi connectivity index (χ1) is 12.9. The summed E-state index contributed by atoms with van der Waals surface area (Å²) in [5.74, 6) is -1.56. The van der Waals surface area contributed by atoms with Crippen molar-refractivity contribution in [3.05, 3.63) is 17.2 Å². The summed E-state index contributed by atoms with van der Waals surface area (Å²) >= 11 is 0. The van der Waals surface area contributed by atoms with Gasteiger partial charge in [-0.3, -0.25) is 0 Å². The largest absolute Gasteiger partial charge is 0.465 e. The Labute approximate surface area is 165 Å². The van der Waals surface area contributed by atoms with E-state index in [-0.39, 0.29) is 21.7 Å². The second-order valence-electron chi connectivity index (χ2n) is 7.87. The summed E-state index contributed by atoms with van der Waals surface area (Å²) in [5.41, 5.74) is 5.48. The third-order valence-electron chi connectivity index (χ3n) is 4.38. The number of methoxy groups -OCH3 is 1. The highest BCUT2D eigenvalue weighted by Crippen LogP contribution is 2.38. The Hall–Kier alpha value is -2.29. The number of nitrogen functional groups attached to an aromatic ring is 1. The van der Waals surface area contributed by atoms with Crippen molar-refractivity contribution in [2.45, 2.75) is 50.5 Å². The molecule has 1 aliphatic heterocycles. The lowest BCUT2D eigenvalue weighted by atomic mass is 10.0. The van der Waals surface area contributed by atoms with Gasteiger partial charge >= 0.3 is 11.9 Å². The van der Waals surface area contributed by atoms with Gasteiger partial charge in [0.25, 0.3) is 0 Å². The molecule has 9 heteroatoms. The number of carbonyl (C=O) groups is 2. The number of benzene rings is 1. The first-order valence-electron chi connectivity index (χ1n) is 9.10. The number of nitrogens with two attached hydrogens (primary N) is 1. The summed E-state index contributed by atoms with van der Waals surface area (Å²) < 4.78 is 35.0. The van der Waals surface area contributed by atoms with Crippen molar-refractivity contribution < 1.29 is 27.5 Å². The monoisotopic (exact) mass is 412 g/mol. The molecule has 0 unspecified atom stereocenters. The number of carbonyl (C=O) groups excluding carboxylic acids is 2. The average Bonchev–Trinajstić information content (AvgIpc) is 2.58. The van der Waals surface area contributed by atoms with E-state index >= 15 is 0 Å². The van der Waals surface area contributed by atoms with Crippen molar-refractivity contribution in [2.75, 3.05) is 37.1 Å². The highest BCUT2D eigenvalue weighted by atomic mass is 32.2. The molecule has 0 aliphatic carbocycles. The van der Waals surface area contributed by atoms with Crippen molar-refractivity contribution >= 4 is 33.2 Å². The van der Waals surface area contributed by atoms with Gasteiger partial charge in [-0.1, -0.05) is 0 Å². The molecular formula is C19H28N2O6S. The molecule has 156 valence electrons. The molecule has 0 saturated carbocycles. The first-order valence-corrected chi connectivity index (χ1v) is 11.0. The highest BCUT2D eigenvalue weighted by Gasteiger charge is 2.33. The minimum Gasteiger partial charge on any atom is -0.465 e. The third-order valence-corrected chi connectivity index (χ3v) is 5.50. The third kappa shape index (κ3) is 4.76. The summed E-state index contributed by atoms with van der Waals surface area (Å²) in [4.78, 5) is 26.8. The van der Waals surface area contributed by atoms with Gasteiger partial charge in [-0.05, 0) is 46.1 Å². The Bertz CT molecular complexity index is 881. The van der Waals surface area contributed by atoms with Gasteiger partial charge in [0, 0.05) is 19.3 Å². The smallest absolute Gasteiger partial charge is 0.342 e. The van der Waals surface area contributed by atoms with E-state index in [4.69, 9.17) is 15.2 Å². The summed E-state index contributed by atoms with van der Waals surface area (Å²) in [6.45, 7) is 6.31. The van der Waals surface area contributed by atoms with E-state index in [0.717, 1.165) is 25.5 Å². The molecule has 0 bridgehead atoms. The topological polar surface area (TPSA) is 116 Å². The number of hydrogen-bond acceptors (Lipinski definition) is 8. The quantitative estimate of drug-likeness (QED) is 0.592. The van der Waals surface area contributed by atoms with Crippen LogP contribution >= 0.6 is 0 Å². The molecule has 0 atom stereocenters. The number of piperidine rings is 1. The van der Waals surface area contributed by atoms with Crippen LogP contribution in [-0.4, -0.2) is 52.4 Å². The number of hydrogen-bond donors (Lipinski definition) is 1. The molecule has 0 spiro atoms. The summed E-state index contributed by atoms with van der Waals surface area (Å²) in [6.07, 6.45) is 3.80. The second kappa shape index (κ2) is 7.98. The number of esters is 2. The predicted molar refractivity (Wildman–Crippen MR) is 107 cm³/mol. The minimum absolute atomic E-state index is 0.0228. The molecule has 1 aromatic rings. The molecule has 1 heterocycles. The van der Waals surface area contributed by atoms with Crippen LogP contribution in [-0.2, 0) is 19.3 Å². The maximum Gasteiger partial charge on any atom is 0.342 e. The molecule has 0 radical (unpaired) electrons. The highest BCUT2D eigenvalue weighted by molar-refractivity contribution is 7.90. The zero-order valence-corrected chi connectivity index (χ0v) is 17.8. The van der Waals surface area contributed by atoms with E-state index in [1.807, 2.05) is 4.90 Å². The zero-order valence-electron chi connectivity index (χ0n) is 17.0. The maximum atomic E-state index is 12.8. The lowest BCUT2D eigenvalue weighted by Crippen LogP contribution is -2.33. The maximum absolute atomic E-state index is 12.8. The van der Waals surface area contributed by atoms with Crippen LogP contribution in [0.15, 0.2) is 11.0 Å². The van der Waals surface area contributed by atoms with Crippen LogP contribution in [0.3, 0.4) is 0 Å². The van der Waals surface area contributed by atoms with E-state index in [9.17, 15) is 18.0 Å². The number of ether oxygens (including phenoxy) is 2. The van der Waals surface area contributed by atoms with Crippen molar-refractivity contribution in [1.82, 2.24) is 0 Å². The molecule has 0 aromatic heterocycles. The Kier molecular flexibility index (Phi) is 6.27. The zero-order chi connectivity index (χ0) is 21.3. The summed E-state index contributed by atoms with van der Waals surface area (Å²) in [6, 6.07) is 1.17. The second-order valence-corrected chi connectivity index (χ2v) is 9.86. The van der Waals surface area contributed by atoms with Crippen LogP contribution in [0.25, 0.3) is 0 Å². The van der Waals surface area contributed by atoms with Gasteiger partial charge < -0.3 is 20.1 Å². The molecule has 1 aromatic carbocycles. The summed E-state index contributed by atoms with van der Waals surface area (Å²) in [7, 11) is -2.67. The van der Waals surface area contributed by atoms with Gasteiger partial charge in [-0.25, -0.2) is 18.0 Å². The van der Waals surface area contributed by atoms with E-state index in [1.54, 1.807) is 20.8 Å². The number of rotatable bonds is 4. The minimum atomic E-state index is -3.88. The van der Waals surface area contributed by atoms with Crippen molar-refractivity contribution in [2.24, 2.45) is 0 Å². The number of anilines is 2. The van der Waals surface area contributed by atoms with Crippen LogP contribution < -0.4 is 10.6 Å². The van der Waals surface area contributed by atoms with Gasteiger partial charge in [0.15, 0.2) is 9.84 Å². The molecule has 1 aliphatic rings. The average molecular weight is 413 g/mol. The SMILES string of the molecule is COC(=O)c1cc(S(C)(=O)=O)c(C(=O)OC(C)(C)C)c(N)c1N1CCCCC1. The fourth-order valence-corrected chi connectivity index (χ4v) is 4.12. The van der Waals surface area contributed by atoms with Crippen LogP contribution in [0.4, 0.5) is 11.4 Å². The molecular weight excluding hydrogens is 384 g/mol. The molecule has 1 fully saturated rings. The van der Waals surface area contributed by atoms with Gasteiger partial charge in [0.05, 0.1) is 28.9 Å². The molecule has 2 N–H and O–H groups in total. The van der Waals surface area contributed by atoms with E-state index in [2.05, 4.69) is 0 Å². The van der Waals surface area contributed by atoms with Gasteiger partial charge in [0.2, 0.25) is 0 Å². The first kappa shape index (κ1) is 22.0. The normalized spacial score (nSPS) is 15.2. The fraction of sp³-hybridized carbons (Fsp3) is 0.579. The van der Waals surface area contributed by atoms with Crippen molar-refractivity contribution in [3.63, 3.8) is 0 Å². The molecule has 8 nitrogen and oxygen atoms in total. The number of nitrogens with zero attached hydrogens (tertiary/aromatic N) is 1. The number of sulfone groups is 1. The van der Waals surface area contributed by atoms with Crippen LogP contribution in [0, 0.1) is 0 Å². The fourth-order valence-electron chi connectivity index (χ4n) is 3.22. The van der Waals surface area contributed by atoms with E-state index < -0.39 is 27.4 Å². The molecule has 1 saturated heterocycles. The van der Waals surface area contributed by atoms with Gasteiger partial charge in [-0.15, -0.1) is 0 Å². The van der Waals surface area contributed by atoms with Crippen LogP contribution in [0.2, 0.25) is 0 Å².